The largest absolute Gasteiger partial charge is 0.322 e. The summed E-state index contributed by atoms with van der Waals surface area (Å²) in [6, 6.07) is 0.159. The van der Waals surface area contributed by atoms with Crippen LogP contribution in [0.3, 0.4) is 0 Å². The number of fused-ring (bicyclic) bond motifs is 2. The molecule has 1 unspecified atom stereocenters. The van der Waals surface area contributed by atoms with Gasteiger partial charge in [-0.1, -0.05) is 0 Å². The van der Waals surface area contributed by atoms with Crippen molar-refractivity contribution in [2.75, 3.05) is 6.54 Å². The molecule has 3 aliphatic rings. The van der Waals surface area contributed by atoms with Crippen molar-refractivity contribution in [3.63, 3.8) is 0 Å². The van der Waals surface area contributed by atoms with Crippen LogP contribution < -0.4 is 10.7 Å². The molecule has 2 amide bonds. The van der Waals surface area contributed by atoms with Crippen LogP contribution in [0.2, 0.25) is 0 Å². The lowest BCUT2D eigenvalue weighted by molar-refractivity contribution is 0.157. The molecule has 0 bridgehead atoms. The summed E-state index contributed by atoms with van der Waals surface area (Å²) in [5, 5.41) is 6.64. The minimum Gasteiger partial charge on any atom is -0.316 e. The van der Waals surface area contributed by atoms with E-state index in [2.05, 4.69) is 15.8 Å². The van der Waals surface area contributed by atoms with Crippen LogP contribution in [0.1, 0.15) is 19.3 Å². The van der Waals surface area contributed by atoms with E-state index < -0.39 is 0 Å². The maximum absolute atomic E-state index is 11.6. The summed E-state index contributed by atoms with van der Waals surface area (Å²) < 4.78 is 0. The predicted molar refractivity (Wildman–Crippen MR) is 50.5 cm³/mol. The zero-order valence-electron chi connectivity index (χ0n) is 7.73. The Morgan fingerprint density at radius 2 is 2.43 bits per heavy atom. The number of carbonyl (C=O) groups excluding carboxylic acids is 1. The van der Waals surface area contributed by atoms with E-state index in [4.69, 9.17) is 0 Å². The number of nitrogens with one attached hydrogen (secondary N) is 1. The molecular weight excluding hydrogens is 180 g/mol. The number of rotatable bonds is 0. The highest BCUT2D eigenvalue weighted by Crippen LogP contribution is 2.28. The Kier molecular flexibility index (Phi) is 1.53. The molecule has 1 radical (unpaired) electrons. The molecular formula is C9H11N4O. The number of carbonyl (C=O) groups is 1. The van der Waals surface area contributed by atoms with E-state index in [1.54, 1.807) is 6.21 Å². The second-order valence-electron chi connectivity index (χ2n) is 3.78. The van der Waals surface area contributed by atoms with Crippen LogP contribution in [0.15, 0.2) is 16.5 Å². The van der Waals surface area contributed by atoms with Crippen LogP contribution in [0.4, 0.5) is 4.79 Å². The van der Waals surface area contributed by atoms with Gasteiger partial charge in [-0.25, -0.2) is 4.79 Å². The van der Waals surface area contributed by atoms with Crippen LogP contribution in [0.25, 0.3) is 0 Å². The molecule has 3 heterocycles. The SMILES string of the molecule is O=C1NC2=C([N]N=C2)C2CCCCN12. The van der Waals surface area contributed by atoms with Gasteiger partial charge in [0.2, 0.25) is 0 Å². The summed E-state index contributed by atoms with van der Waals surface area (Å²) in [7, 11) is 0. The van der Waals surface area contributed by atoms with Crippen molar-refractivity contribution >= 4 is 12.2 Å². The molecule has 73 valence electrons. The third kappa shape index (κ3) is 0.950. The number of allylic oxidation sites excluding steroid dienone is 1. The highest BCUT2D eigenvalue weighted by molar-refractivity contribution is 5.91. The van der Waals surface area contributed by atoms with Gasteiger partial charge in [-0.15, -0.1) is 0 Å². The molecule has 3 rings (SSSR count). The molecule has 0 aromatic heterocycles. The molecule has 1 atom stereocenters. The number of hydrogen-bond donors (Lipinski definition) is 1. The Morgan fingerprint density at radius 1 is 1.50 bits per heavy atom. The quantitative estimate of drug-likeness (QED) is 0.591. The lowest BCUT2D eigenvalue weighted by Crippen LogP contribution is -2.54. The molecule has 0 aliphatic carbocycles. The second kappa shape index (κ2) is 2.73. The maximum Gasteiger partial charge on any atom is 0.322 e. The average molecular weight is 191 g/mol. The summed E-state index contributed by atoms with van der Waals surface area (Å²) in [5.74, 6) is 0. The first-order valence-electron chi connectivity index (χ1n) is 4.92. The fourth-order valence-electron chi connectivity index (χ4n) is 2.26. The zero-order chi connectivity index (χ0) is 9.54. The third-order valence-electron chi connectivity index (χ3n) is 2.95. The first-order valence-corrected chi connectivity index (χ1v) is 4.92. The van der Waals surface area contributed by atoms with Gasteiger partial charge in [0, 0.05) is 6.54 Å². The van der Waals surface area contributed by atoms with E-state index in [0.29, 0.717) is 0 Å². The smallest absolute Gasteiger partial charge is 0.316 e. The normalized spacial score (nSPS) is 29.6. The van der Waals surface area contributed by atoms with Crippen molar-refractivity contribution in [2.24, 2.45) is 5.10 Å². The van der Waals surface area contributed by atoms with Gasteiger partial charge >= 0.3 is 6.03 Å². The lowest BCUT2D eigenvalue weighted by Gasteiger charge is -2.38. The van der Waals surface area contributed by atoms with Gasteiger partial charge in [-0.2, -0.15) is 10.5 Å². The highest BCUT2D eigenvalue weighted by Gasteiger charge is 2.37. The van der Waals surface area contributed by atoms with Crippen LogP contribution >= 0.6 is 0 Å². The van der Waals surface area contributed by atoms with Gasteiger partial charge < -0.3 is 10.2 Å². The molecule has 1 saturated heterocycles. The first-order chi connectivity index (χ1) is 6.86. The molecule has 5 heteroatoms. The summed E-state index contributed by atoms with van der Waals surface area (Å²) in [6.07, 6.45) is 4.90. The minimum atomic E-state index is -0.00278. The van der Waals surface area contributed by atoms with E-state index in [0.717, 1.165) is 30.8 Å². The van der Waals surface area contributed by atoms with E-state index >= 15 is 0 Å². The van der Waals surface area contributed by atoms with Crippen molar-refractivity contribution < 1.29 is 4.79 Å². The van der Waals surface area contributed by atoms with Crippen LogP contribution in [-0.4, -0.2) is 29.7 Å². The molecule has 5 nitrogen and oxygen atoms in total. The van der Waals surface area contributed by atoms with E-state index in [1.165, 1.54) is 6.42 Å². The summed E-state index contributed by atoms with van der Waals surface area (Å²) in [5.41, 5.74) is 5.79. The fourth-order valence-corrected chi connectivity index (χ4v) is 2.26. The third-order valence-corrected chi connectivity index (χ3v) is 2.95. The predicted octanol–water partition coefficient (Wildman–Crippen LogP) is 0.380. The molecule has 0 aromatic rings. The Morgan fingerprint density at radius 3 is 3.36 bits per heavy atom. The maximum atomic E-state index is 11.6. The number of hydrogen-bond acceptors (Lipinski definition) is 2. The summed E-state index contributed by atoms with van der Waals surface area (Å²) >= 11 is 0. The standard InChI is InChI=1S/C9H11N4O/c14-9-11-6-5-10-12-8(6)7-3-1-2-4-13(7)9/h5,7H,1-4H2,(H,11,14). The zero-order valence-corrected chi connectivity index (χ0v) is 7.73. The summed E-state index contributed by atoms with van der Waals surface area (Å²) in [6.45, 7) is 0.836. The Labute approximate surface area is 81.8 Å². The topological polar surface area (TPSA) is 58.8 Å². The van der Waals surface area contributed by atoms with Gasteiger partial charge in [0.1, 0.15) is 5.70 Å². The second-order valence-corrected chi connectivity index (χ2v) is 3.78. The Balaban J connectivity index is 1.97. The minimum absolute atomic E-state index is 0.00278. The van der Waals surface area contributed by atoms with Gasteiger partial charge in [-0.05, 0) is 19.3 Å². The monoisotopic (exact) mass is 191 g/mol. The molecule has 3 aliphatic heterocycles. The first kappa shape index (κ1) is 7.84. The highest BCUT2D eigenvalue weighted by atomic mass is 16.2. The Hall–Kier alpha value is -1.52. The Bertz CT molecular complexity index is 347. The number of amides is 2. The van der Waals surface area contributed by atoms with Crippen LogP contribution in [0, 0.1) is 0 Å². The van der Waals surface area contributed by atoms with Crippen molar-refractivity contribution in [1.29, 1.82) is 0 Å². The number of piperidine rings is 1. The molecule has 0 saturated carbocycles. The van der Waals surface area contributed by atoms with Crippen molar-refractivity contribution in [1.82, 2.24) is 15.6 Å². The van der Waals surface area contributed by atoms with E-state index in [-0.39, 0.29) is 12.1 Å². The van der Waals surface area contributed by atoms with E-state index in [1.807, 2.05) is 4.90 Å². The van der Waals surface area contributed by atoms with Gasteiger partial charge in [0.05, 0.1) is 18.0 Å². The molecule has 14 heavy (non-hydrogen) atoms. The number of nitrogens with zero attached hydrogens (tertiary/aromatic N) is 3. The average Bonchev–Trinajstić information content (AvgIpc) is 2.66. The number of urea groups is 1. The molecule has 1 N–H and O–H groups in total. The molecule has 0 aromatic carbocycles. The van der Waals surface area contributed by atoms with Crippen molar-refractivity contribution in [2.45, 2.75) is 25.3 Å². The van der Waals surface area contributed by atoms with Crippen molar-refractivity contribution in [3.8, 4) is 0 Å². The molecule has 0 spiro atoms. The lowest BCUT2D eigenvalue weighted by atomic mass is 9.97. The summed E-state index contributed by atoms with van der Waals surface area (Å²) in [4.78, 5) is 13.5. The van der Waals surface area contributed by atoms with Gasteiger partial charge in [-0.3, -0.25) is 0 Å². The van der Waals surface area contributed by atoms with E-state index in [9.17, 15) is 4.79 Å². The van der Waals surface area contributed by atoms with Gasteiger partial charge in [0.15, 0.2) is 0 Å². The van der Waals surface area contributed by atoms with Gasteiger partial charge in [0.25, 0.3) is 0 Å². The fraction of sp³-hybridized carbons (Fsp3) is 0.556. The van der Waals surface area contributed by atoms with Crippen molar-refractivity contribution in [3.05, 3.63) is 11.4 Å². The van der Waals surface area contributed by atoms with Crippen LogP contribution in [0.5, 0.6) is 0 Å². The molecule has 1 fully saturated rings. The van der Waals surface area contributed by atoms with Crippen LogP contribution in [-0.2, 0) is 0 Å².